The van der Waals surface area contributed by atoms with Crippen LogP contribution < -0.4 is 11.2 Å². The second-order valence-electron chi connectivity index (χ2n) is 5.45. The van der Waals surface area contributed by atoms with E-state index in [1.807, 2.05) is 31.2 Å². The number of nitrogens with two attached hydrogens (primary N) is 1. The predicted molar refractivity (Wildman–Crippen MR) is 102 cm³/mol. The van der Waals surface area contributed by atoms with E-state index in [0.29, 0.717) is 17.0 Å². The van der Waals surface area contributed by atoms with E-state index in [1.54, 1.807) is 30.3 Å². The van der Waals surface area contributed by atoms with Crippen LogP contribution in [0.25, 0.3) is 11.3 Å². The topological polar surface area (TPSA) is 80.6 Å². The van der Waals surface area contributed by atoms with E-state index in [4.69, 9.17) is 10.2 Å². The zero-order valence-corrected chi connectivity index (χ0v) is 15.1. The number of nitrogens with zero attached hydrogens (tertiary/aromatic N) is 1. The standard InChI is InChI=1S/C19H16BrN3O2/c1-12-6-7-13(10-16(12)20)18-9-8-14(25-18)11-22-23-19(24)15-4-2-3-5-17(15)21/h2-11H,21H2,1H3,(H,23,24)/b22-11-. The van der Waals surface area contributed by atoms with Gasteiger partial charge in [-0.1, -0.05) is 40.2 Å². The Bertz CT molecular complexity index is 947. The number of hydrazone groups is 1. The molecule has 3 aromatic rings. The molecule has 0 saturated carbocycles. The highest BCUT2D eigenvalue weighted by atomic mass is 79.9. The Morgan fingerprint density at radius 1 is 1.20 bits per heavy atom. The third-order valence-electron chi connectivity index (χ3n) is 3.65. The fraction of sp³-hybridized carbons (Fsp3) is 0.0526. The van der Waals surface area contributed by atoms with E-state index in [9.17, 15) is 4.79 Å². The van der Waals surface area contributed by atoms with Crippen molar-refractivity contribution < 1.29 is 9.21 Å². The van der Waals surface area contributed by atoms with Crippen LogP contribution in [0.4, 0.5) is 5.69 Å². The SMILES string of the molecule is Cc1ccc(-c2ccc(/C=N\NC(=O)c3ccccc3N)o2)cc1Br. The van der Waals surface area contributed by atoms with Crippen LogP contribution in [-0.4, -0.2) is 12.1 Å². The predicted octanol–water partition coefficient (Wildman–Crippen LogP) is 4.36. The molecule has 0 aliphatic carbocycles. The normalized spacial score (nSPS) is 11.0. The molecule has 0 aliphatic heterocycles. The van der Waals surface area contributed by atoms with E-state index >= 15 is 0 Å². The second-order valence-corrected chi connectivity index (χ2v) is 6.31. The fourth-order valence-corrected chi connectivity index (χ4v) is 2.62. The molecule has 0 spiro atoms. The zero-order chi connectivity index (χ0) is 17.8. The number of anilines is 1. The molecule has 1 heterocycles. The van der Waals surface area contributed by atoms with Crippen molar-refractivity contribution in [1.82, 2.24) is 5.43 Å². The van der Waals surface area contributed by atoms with Crippen molar-refractivity contribution in [1.29, 1.82) is 0 Å². The molecule has 25 heavy (non-hydrogen) atoms. The number of hydrogen-bond acceptors (Lipinski definition) is 4. The lowest BCUT2D eigenvalue weighted by Gasteiger charge is -2.02. The molecule has 0 radical (unpaired) electrons. The Balaban J connectivity index is 1.69. The van der Waals surface area contributed by atoms with Gasteiger partial charge in [0.2, 0.25) is 0 Å². The third-order valence-corrected chi connectivity index (χ3v) is 4.50. The van der Waals surface area contributed by atoms with Gasteiger partial charge in [-0.15, -0.1) is 0 Å². The van der Waals surface area contributed by atoms with Crippen LogP contribution >= 0.6 is 15.9 Å². The van der Waals surface area contributed by atoms with Crippen LogP contribution in [0.3, 0.4) is 0 Å². The summed E-state index contributed by atoms with van der Waals surface area (Å²) in [5, 5.41) is 3.91. The zero-order valence-electron chi connectivity index (χ0n) is 13.5. The first kappa shape index (κ1) is 17.0. The summed E-state index contributed by atoms with van der Waals surface area (Å²) in [5.74, 6) is 0.886. The lowest BCUT2D eigenvalue weighted by Crippen LogP contribution is -2.18. The molecule has 1 amide bonds. The molecular formula is C19H16BrN3O2. The van der Waals surface area contributed by atoms with Crippen molar-refractivity contribution >= 4 is 33.7 Å². The molecule has 1 aromatic heterocycles. The number of hydrogen-bond donors (Lipinski definition) is 2. The fourth-order valence-electron chi connectivity index (χ4n) is 2.24. The van der Waals surface area contributed by atoms with Crippen molar-refractivity contribution in [2.24, 2.45) is 5.10 Å². The lowest BCUT2D eigenvalue weighted by molar-refractivity contribution is 0.0956. The van der Waals surface area contributed by atoms with Gasteiger partial charge in [0.15, 0.2) is 0 Å². The van der Waals surface area contributed by atoms with Gasteiger partial charge < -0.3 is 10.2 Å². The Kier molecular flexibility index (Phi) is 5.00. The quantitative estimate of drug-likeness (QED) is 0.389. The highest BCUT2D eigenvalue weighted by Crippen LogP contribution is 2.26. The van der Waals surface area contributed by atoms with Gasteiger partial charge >= 0.3 is 0 Å². The lowest BCUT2D eigenvalue weighted by atomic mass is 10.1. The van der Waals surface area contributed by atoms with Crippen molar-refractivity contribution in [3.8, 4) is 11.3 Å². The number of nitrogen functional groups attached to an aromatic ring is 1. The summed E-state index contributed by atoms with van der Waals surface area (Å²) >= 11 is 3.51. The van der Waals surface area contributed by atoms with Crippen molar-refractivity contribution in [2.75, 3.05) is 5.73 Å². The molecule has 2 aromatic carbocycles. The van der Waals surface area contributed by atoms with Gasteiger partial charge in [0, 0.05) is 15.7 Å². The molecule has 0 bridgehead atoms. The average Bonchev–Trinajstić information content (AvgIpc) is 3.06. The summed E-state index contributed by atoms with van der Waals surface area (Å²) in [4.78, 5) is 12.0. The molecule has 126 valence electrons. The van der Waals surface area contributed by atoms with Crippen LogP contribution in [0.2, 0.25) is 0 Å². The van der Waals surface area contributed by atoms with Crippen LogP contribution in [0, 0.1) is 6.92 Å². The summed E-state index contributed by atoms with van der Waals surface area (Å²) < 4.78 is 6.75. The van der Waals surface area contributed by atoms with Gasteiger partial charge in [-0.3, -0.25) is 4.79 Å². The number of aryl methyl sites for hydroxylation is 1. The smallest absolute Gasteiger partial charge is 0.273 e. The Labute approximate surface area is 153 Å². The van der Waals surface area contributed by atoms with Crippen LogP contribution in [0.15, 0.2) is 68.6 Å². The first-order chi connectivity index (χ1) is 12.0. The first-order valence-electron chi connectivity index (χ1n) is 7.59. The van der Waals surface area contributed by atoms with Crippen molar-refractivity contribution in [2.45, 2.75) is 6.92 Å². The van der Waals surface area contributed by atoms with Gasteiger partial charge in [0.25, 0.3) is 5.91 Å². The molecule has 6 heteroatoms. The number of benzene rings is 2. The van der Waals surface area contributed by atoms with E-state index in [0.717, 1.165) is 21.4 Å². The van der Waals surface area contributed by atoms with Crippen molar-refractivity contribution in [3.63, 3.8) is 0 Å². The molecule has 0 saturated heterocycles. The maximum Gasteiger partial charge on any atom is 0.273 e. The maximum atomic E-state index is 12.0. The molecule has 0 unspecified atom stereocenters. The van der Waals surface area contributed by atoms with Gasteiger partial charge in [-0.2, -0.15) is 5.10 Å². The maximum absolute atomic E-state index is 12.0. The van der Waals surface area contributed by atoms with Crippen LogP contribution in [0.5, 0.6) is 0 Å². The third kappa shape index (κ3) is 3.97. The summed E-state index contributed by atoms with van der Waals surface area (Å²) in [6, 6.07) is 16.5. The summed E-state index contributed by atoms with van der Waals surface area (Å²) in [5.41, 5.74) is 11.1. The number of nitrogens with one attached hydrogen (secondary N) is 1. The number of halogens is 1. The Hall–Kier alpha value is -2.86. The van der Waals surface area contributed by atoms with E-state index < -0.39 is 0 Å². The van der Waals surface area contributed by atoms with E-state index in [-0.39, 0.29) is 5.91 Å². The number of amides is 1. The first-order valence-corrected chi connectivity index (χ1v) is 8.38. The van der Waals surface area contributed by atoms with Gasteiger partial charge in [0.1, 0.15) is 11.5 Å². The monoisotopic (exact) mass is 397 g/mol. The van der Waals surface area contributed by atoms with E-state index in [2.05, 4.69) is 26.5 Å². The number of carbonyl (C=O) groups is 1. The Morgan fingerprint density at radius 3 is 2.76 bits per heavy atom. The summed E-state index contributed by atoms with van der Waals surface area (Å²) in [6.45, 7) is 2.02. The molecule has 3 rings (SSSR count). The Morgan fingerprint density at radius 2 is 2.00 bits per heavy atom. The molecule has 3 N–H and O–H groups in total. The number of furan rings is 1. The highest BCUT2D eigenvalue weighted by Gasteiger charge is 2.08. The number of para-hydroxylation sites is 1. The van der Waals surface area contributed by atoms with Gasteiger partial charge in [0.05, 0.1) is 11.8 Å². The minimum absolute atomic E-state index is 0.372. The molecule has 0 aliphatic rings. The molecular weight excluding hydrogens is 382 g/mol. The van der Waals surface area contributed by atoms with Crippen LogP contribution in [0.1, 0.15) is 21.7 Å². The second kappa shape index (κ2) is 7.36. The summed E-state index contributed by atoms with van der Waals surface area (Å²) in [7, 11) is 0. The minimum atomic E-state index is -0.372. The number of rotatable bonds is 4. The van der Waals surface area contributed by atoms with Gasteiger partial charge in [-0.05, 0) is 42.8 Å². The number of carbonyl (C=O) groups excluding carboxylic acids is 1. The van der Waals surface area contributed by atoms with E-state index in [1.165, 1.54) is 6.21 Å². The average molecular weight is 398 g/mol. The van der Waals surface area contributed by atoms with Crippen molar-refractivity contribution in [3.05, 3.63) is 76.0 Å². The molecule has 0 atom stereocenters. The molecule has 0 fully saturated rings. The summed E-state index contributed by atoms with van der Waals surface area (Å²) in [6.07, 6.45) is 1.45. The van der Waals surface area contributed by atoms with Crippen LogP contribution in [-0.2, 0) is 0 Å². The minimum Gasteiger partial charge on any atom is -0.455 e. The highest BCUT2D eigenvalue weighted by molar-refractivity contribution is 9.10. The largest absolute Gasteiger partial charge is 0.455 e. The van der Waals surface area contributed by atoms with Gasteiger partial charge in [-0.25, -0.2) is 5.43 Å². The molecule has 5 nitrogen and oxygen atoms in total.